The summed E-state index contributed by atoms with van der Waals surface area (Å²) >= 11 is 3.27. The van der Waals surface area contributed by atoms with Gasteiger partial charge in [-0.2, -0.15) is 0 Å². The molecule has 0 aliphatic rings. The number of rotatable bonds is 3. The van der Waals surface area contributed by atoms with E-state index in [0.29, 0.717) is 22.1 Å². The third-order valence-corrected chi connectivity index (χ3v) is 2.52. The van der Waals surface area contributed by atoms with E-state index in [1.807, 2.05) is 0 Å². The zero-order chi connectivity index (χ0) is 12.3. The maximum absolute atomic E-state index is 11.1. The largest absolute Gasteiger partial charge is 0.494 e. The Morgan fingerprint density at radius 2 is 2.24 bits per heavy atom. The lowest BCUT2D eigenvalue weighted by atomic mass is 10.4. The molecule has 6 nitrogen and oxygen atoms in total. The van der Waals surface area contributed by atoms with Crippen LogP contribution >= 0.6 is 15.9 Å². The molecule has 0 spiro atoms. The van der Waals surface area contributed by atoms with Gasteiger partial charge in [-0.3, -0.25) is 9.78 Å². The molecule has 0 aromatic carbocycles. The fourth-order valence-electron chi connectivity index (χ4n) is 1.20. The summed E-state index contributed by atoms with van der Waals surface area (Å²) in [7, 11) is 1.56. The number of hydrogen-bond acceptors (Lipinski definition) is 5. The van der Waals surface area contributed by atoms with Crippen LogP contribution in [0, 0.1) is 0 Å². The molecule has 2 aromatic heterocycles. The number of aromatic amines is 1. The molecule has 0 aliphatic carbocycles. The Morgan fingerprint density at radius 3 is 2.88 bits per heavy atom. The number of halogens is 1. The highest BCUT2D eigenvalue weighted by molar-refractivity contribution is 9.10. The van der Waals surface area contributed by atoms with Crippen LogP contribution in [0.15, 0.2) is 33.8 Å². The number of nitrogens with one attached hydrogen (secondary N) is 2. The lowest BCUT2D eigenvalue weighted by Gasteiger charge is -2.06. The van der Waals surface area contributed by atoms with Crippen LogP contribution in [0.25, 0.3) is 0 Å². The van der Waals surface area contributed by atoms with Crippen LogP contribution in [0.5, 0.6) is 5.75 Å². The van der Waals surface area contributed by atoms with Crippen molar-refractivity contribution in [1.82, 2.24) is 15.0 Å². The van der Waals surface area contributed by atoms with Gasteiger partial charge in [0.2, 0.25) is 5.95 Å². The minimum absolute atomic E-state index is 0.227. The van der Waals surface area contributed by atoms with E-state index >= 15 is 0 Å². The second-order valence-electron chi connectivity index (χ2n) is 3.10. The fourth-order valence-corrected chi connectivity index (χ4v) is 1.68. The van der Waals surface area contributed by atoms with Gasteiger partial charge < -0.3 is 10.1 Å². The average Bonchev–Trinajstić information content (AvgIpc) is 2.29. The Hall–Kier alpha value is -1.89. The summed E-state index contributed by atoms with van der Waals surface area (Å²) in [6, 6.07) is 4.81. The molecule has 0 fully saturated rings. The van der Waals surface area contributed by atoms with Crippen LogP contribution in [0.4, 0.5) is 11.8 Å². The second kappa shape index (κ2) is 4.96. The Bertz CT molecular complexity index is 585. The van der Waals surface area contributed by atoms with Crippen LogP contribution in [0.2, 0.25) is 0 Å². The molecular formula is C10H9BrN4O2. The normalized spacial score (nSPS) is 10.0. The molecule has 0 radical (unpaired) electrons. The molecule has 2 N–H and O–H groups in total. The molecule has 0 unspecified atom stereocenters. The van der Waals surface area contributed by atoms with E-state index < -0.39 is 0 Å². The molecule has 2 rings (SSSR count). The molecule has 0 bridgehead atoms. The highest BCUT2D eigenvalue weighted by atomic mass is 79.9. The van der Waals surface area contributed by atoms with E-state index in [1.165, 1.54) is 12.3 Å². The molecule has 2 aromatic rings. The van der Waals surface area contributed by atoms with Crippen molar-refractivity contribution in [2.75, 3.05) is 12.4 Å². The fraction of sp³-hybridized carbons (Fsp3) is 0.100. The quantitative estimate of drug-likeness (QED) is 0.843. The van der Waals surface area contributed by atoms with Crippen molar-refractivity contribution in [2.45, 2.75) is 0 Å². The van der Waals surface area contributed by atoms with Gasteiger partial charge in [-0.25, -0.2) is 9.97 Å². The number of aromatic nitrogens is 3. The molecule has 2 heterocycles. The number of ether oxygens (including phenoxy) is 1. The summed E-state index contributed by atoms with van der Waals surface area (Å²) < 4.78 is 5.63. The molecule has 0 aliphatic heterocycles. The predicted octanol–water partition coefficient (Wildman–Crippen LogP) is 1.68. The van der Waals surface area contributed by atoms with Crippen LogP contribution < -0.4 is 15.6 Å². The van der Waals surface area contributed by atoms with Gasteiger partial charge in [0.1, 0.15) is 10.4 Å². The first-order chi connectivity index (χ1) is 8.19. The summed E-state index contributed by atoms with van der Waals surface area (Å²) in [6.07, 6.45) is 1.42. The van der Waals surface area contributed by atoms with Crippen molar-refractivity contribution in [2.24, 2.45) is 0 Å². The maximum Gasteiger partial charge on any atom is 0.252 e. The maximum atomic E-state index is 11.1. The van der Waals surface area contributed by atoms with Crippen LogP contribution in [0.1, 0.15) is 0 Å². The molecule has 0 amide bonds. The molecular weight excluding hydrogens is 288 g/mol. The van der Waals surface area contributed by atoms with Gasteiger partial charge in [0.25, 0.3) is 5.56 Å². The van der Waals surface area contributed by atoms with Crippen molar-refractivity contribution >= 4 is 27.7 Å². The standard InChI is InChI=1S/C10H9BrN4O2/c1-17-6-2-3-7(13-9(6)11)14-10-12-5-4-8(16)15-10/h2-5H,1H3,(H2,12,13,14,15,16). The van der Waals surface area contributed by atoms with Gasteiger partial charge in [0.05, 0.1) is 7.11 Å². The van der Waals surface area contributed by atoms with E-state index in [0.717, 1.165) is 0 Å². The summed E-state index contributed by atoms with van der Waals surface area (Å²) in [5.74, 6) is 1.51. The van der Waals surface area contributed by atoms with Crippen molar-refractivity contribution in [3.05, 3.63) is 39.4 Å². The monoisotopic (exact) mass is 296 g/mol. The lowest BCUT2D eigenvalue weighted by molar-refractivity contribution is 0.410. The zero-order valence-electron chi connectivity index (χ0n) is 8.90. The first-order valence-electron chi connectivity index (χ1n) is 4.72. The Morgan fingerprint density at radius 1 is 1.41 bits per heavy atom. The second-order valence-corrected chi connectivity index (χ2v) is 3.85. The summed E-state index contributed by atoms with van der Waals surface area (Å²) in [6.45, 7) is 0. The molecule has 17 heavy (non-hydrogen) atoms. The molecule has 88 valence electrons. The van der Waals surface area contributed by atoms with E-state index in [1.54, 1.807) is 19.2 Å². The third kappa shape index (κ3) is 2.82. The summed E-state index contributed by atoms with van der Waals surface area (Å²) in [4.78, 5) is 21.7. The van der Waals surface area contributed by atoms with Crippen molar-refractivity contribution in [3.63, 3.8) is 0 Å². The van der Waals surface area contributed by atoms with Gasteiger partial charge in [-0.05, 0) is 28.1 Å². The van der Waals surface area contributed by atoms with Crippen molar-refractivity contribution < 1.29 is 4.74 Å². The number of hydrogen-bond donors (Lipinski definition) is 2. The highest BCUT2D eigenvalue weighted by Crippen LogP contribution is 2.24. The number of nitrogens with zero attached hydrogens (tertiary/aromatic N) is 2. The summed E-state index contributed by atoms with van der Waals surface area (Å²) in [5.41, 5.74) is -0.227. The SMILES string of the molecule is COc1ccc(Nc2nccc(=O)[nH]2)nc1Br. The van der Waals surface area contributed by atoms with Crippen LogP contribution in [-0.4, -0.2) is 22.1 Å². The van der Waals surface area contributed by atoms with Crippen molar-refractivity contribution in [3.8, 4) is 5.75 Å². The molecule has 0 saturated heterocycles. The van der Waals surface area contributed by atoms with Crippen LogP contribution in [-0.2, 0) is 0 Å². The van der Waals surface area contributed by atoms with E-state index in [4.69, 9.17) is 4.74 Å². The smallest absolute Gasteiger partial charge is 0.252 e. The lowest BCUT2D eigenvalue weighted by Crippen LogP contribution is -2.08. The average molecular weight is 297 g/mol. The minimum Gasteiger partial charge on any atom is -0.494 e. The van der Waals surface area contributed by atoms with Gasteiger partial charge in [-0.15, -0.1) is 0 Å². The highest BCUT2D eigenvalue weighted by Gasteiger charge is 2.03. The number of pyridine rings is 1. The number of H-pyrrole nitrogens is 1. The summed E-state index contributed by atoms with van der Waals surface area (Å²) in [5, 5.41) is 2.87. The third-order valence-electron chi connectivity index (χ3n) is 1.95. The zero-order valence-corrected chi connectivity index (χ0v) is 10.5. The molecule has 0 atom stereocenters. The van der Waals surface area contributed by atoms with Crippen LogP contribution in [0.3, 0.4) is 0 Å². The Labute approximate surface area is 105 Å². The molecule has 0 saturated carbocycles. The topological polar surface area (TPSA) is 79.9 Å². The van der Waals surface area contributed by atoms with Crippen molar-refractivity contribution in [1.29, 1.82) is 0 Å². The first kappa shape index (κ1) is 11.6. The number of methoxy groups -OCH3 is 1. The Balaban J connectivity index is 2.25. The first-order valence-corrected chi connectivity index (χ1v) is 5.51. The van der Waals surface area contributed by atoms with Gasteiger partial charge >= 0.3 is 0 Å². The number of anilines is 2. The van der Waals surface area contributed by atoms with E-state index in [-0.39, 0.29) is 5.56 Å². The van der Waals surface area contributed by atoms with Gasteiger partial charge in [-0.1, -0.05) is 0 Å². The minimum atomic E-state index is -0.227. The van der Waals surface area contributed by atoms with E-state index in [2.05, 4.69) is 36.2 Å². The predicted molar refractivity (Wildman–Crippen MR) is 66.6 cm³/mol. The van der Waals surface area contributed by atoms with Gasteiger partial charge in [0.15, 0.2) is 5.75 Å². The Kier molecular flexibility index (Phi) is 3.38. The van der Waals surface area contributed by atoms with E-state index in [9.17, 15) is 4.79 Å². The molecule has 7 heteroatoms. The van der Waals surface area contributed by atoms with Gasteiger partial charge in [0, 0.05) is 12.3 Å².